The van der Waals surface area contributed by atoms with Crippen LogP contribution in [0, 0.1) is 6.92 Å². The maximum Gasteiger partial charge on any atom is 0.258 e. The van der Waals surface area contributed by atoms with Gasteiger partial charge in [-0.25, -0.2) is 15.0 Å². The molecule has 0 radical (unpaired) electrons. The van der Waals surface area contributed by atoms with Crippen molar-refractivity contribution >= 4 is 72.8 Å². The van der Waals surface area contributed by atoms with E-state index in [1.54, 1.807) is 17.6 Å². The van der Waals surface area contributed by atoms with Crippen LogP contribution in [0.25, 0.3) is 21.0 Å². The fourth-order valence-corrected chi connectivity index (χ4v) is 4.88. The van der Waals surface area contributed by atoms with Gasteiger partial charge in [0.15, 0.2) is 0 Å². The van der Waals surface area contributed by atoms with E-state index in [-0.39, 0.29) is 5.91 Å². The number of fused-ring (bicyclic) bond motifs is 2. The Labute approximate surface area is 204 Å². The smallest absolute Gasteiger partial charge is 0.258 e. The van der Waals surface area contributed by atoms with E-state index < -0.39 is 0 Å². The van der Waals surface area contributed by atoms with Crippen LogP contribution in [0.2, 0.25) is 5.02 Å². The number of nitrogens with two attached hydrogens (primary N) is 2. The normalized spacial score (nSPS) is 11.1. The molecule has 0 atom stereocenters. The Morgan fingerprint density at radius 2 is 1.97 bits per heavy atom. The highest BCUT2D eigenvalue weighted by atomic mass is 35.5. The third kappa shape index (κ3) is 3.90. The monoisotopic (exact) mass is 489 g/mol. The molecule has 0 aliphatic carbocycles. The van der Waals surface area contributed by atoms with E-state index in [1.807, 2.05) is 37.3 Å². The lowest BCUT2D eigenvalue weighted by molar-refractivity contribution is 0.102. The summed E-state index contributed by atoms with van der Waals surface area (Å²) in [7, 11) is 0. The van der Waals surface area contributed by atoms with Gasteiger partial charge in [-0.05, 0) is 42.3 Å². The lowest BCUT2D eigenvalue weighted by Crippen LogP contribution is -2.13. The van der Waals surface area contributed by atoms with Gasteiger partial charge in [0.1, 0.15) is 18.0 Å². The molecule has 34 heavy (non-hydrogen) atoms. The predicted octanol–water partition coefficient (Wildman–Crippen LogP) is 5.24. The van der Waals surface area contributed by atoms with Crippen molar-refractivity contribution in [2.75, 3.05) is 16.4 Å². The number of anilines is 4. The van der Waals surface area contributed by atoms with E-state index in [2.05, 4.69) is 25.6 Å². The van der Waals surface area contributed by atoms with Crippen molar-refractivity contribution in [2.24, 2.45) is 5.73 Å². The topological polar surface area (TPSA) is 132 Å². The number of aromatic nitrogens is 3. The fraction of sp³-hybridized carbons (Fsp3) is 0.0833. The van der Waals surface area contributed by atoms with Gasteiger partial charge in [0, 0.05) is 39.6 Å². The minimum absolute atomic E-state index is 0.267. The van der Waals surface area contributed by atoms with E-state index >= 15 is 0 Å². The lowest BCUT2D eigenvalue weighted by Gasteiger charge is -2.15. The summed E-state index contributed by atoms with van der Waals surface area (Å²) in [6, 6.07) is 11.4. The van der Waals surface area contributed by atoms with Crippen LogP contribution >= 0.6 is 22.9 Å². The molecule has 8 nitrogen and oxygen atoms in total. The molecule has 5 rings (SSSR count). The molecule has 0 saturated heterocycles. The Hall–Kier alpha value is -3.79. The molecule has 1 amide bonds. The molecule has 6 N–H and O–H groups in total. The number of amides is 1. The molecular weight excluding hydrogens is 470 g/mol. The summed E-state index contributed by atoms with van der Waals surface area (Å²) in [5, 5.41) is 10.5. The Balaban J connectivity index is 1.53. The summed E-state index contributed by atoms with van der Waals surface area (Å²) in [5.74, 6) is 0.744. The maximum absolute atomic E-state index is 13.2. The number of aryl methyl sites for hydroxylation is 1. The van der Waals surface area contributed by atoms with Gasteiger partial charge >= 0.3 is 0 Å². The third-order valence-corrected chi connectivity index (χ3v) is 6.91. The zero-order chi connectivity index (χ0) is 23.8. The molecule has 0 bridgehead atoms. The first-order valence-corrected chi connectivity index (χ1v) is 11.6. The molecule has 170 valence electrons. The fourth-order valence-electron chi connectivity index (χ4n) is 3.79. The average Bonchev–Trinajstić information content (AvgIpc) is 3.28. The second-order valence-electron chi connectivity index (χ2n) is 7.69. The van der Waals surface area contributed by atoms with Crippen molar-refractivity contribution in [1.29, 1.82) is 0 Å². The number of rotatable bonds is 5. The van der Waals surface area contributed by atoms with E-state index in [4.69, 9.17) is 23.1 Å². The van der Waals surface area contributed by atoms with E-state index in [0.717, 1.165) is 27.6 Å². The number of pyridine rings is 1. The predicted molar refractivity (Wildman–Crippen MR) is 139 cm³/mol. The summed E-state index contributed by atoms with van der Waals surface area (Å²) in [4.78, 5) is 26.0. The van der Waals surface area contributed by atoms with Crippen LogP contribution in [0.3, 0.4) is 0 Å². The number of halogens is 1. The largest absolute Gasteiger partial charge is 0.382 e. The van der Waals surface area contributed by atoms with Crippen LogP contribution in [-0.2, 0) is 6.54 Å². The highest BCUT2D eigenvalue weighted by Gasteiger charge is 2.18. The zero-order valence-electron chi connectivity index (χ0n) is 18.1. The zero-order valence-corrected chi connectivity index (χ0v) is 19.7. The molecule has 0 unspecified atom stereocenters. The van der Waals surface area contributed by atoms with Crippen molar-refractivity contribution in [3.8, 4) is 0 Å². The SMILES string of the molecule is Cc1ccc2c(Nc3ccc(Cl)c(CN)c3)nccc2c1NC(=O)c1csc2c(N)ncnc12. The summed E-state index contributed by atoms with van der Waals surface area (Å²) in [6.45, 7) is 2.28. The molecule has 0 aliphatic heterocycles. The van der Waals surface area contributed by atoms with Gasteiger partial charge in [-0.3, -0.25) is 4.79 Å². The number of thiophene rings is 1. The van der Waals surface area contributed by atoms with Gasteiger partial charge < -0.3 is 22.1 Å². The van der Waals surface area contributed by atoms with Crippen LogP contribution in [0.15, 0.2) is 54.3 Å². The van der Waals surface area contributed by atoms with Crippen molar-refractivity contribution in [1.82, 2.24) is 15.0 Å². The molecule has 0 saturated carbocycles. The van der Waals surface area contributed by atoms with Gasteiger partial charge in [-0.15, -0.1) is 11.3 Å². The maximum atomic E-state index is 13.2. The Morgan fingerprint density at radius 1 is 1.12 bits per heavy atom. The molecule has 2 aromatic carbocycles. The van der Waals surface area contributed by atoms with Crippen LogP contribution in [0.4, 0.5) is 23.0 Å². The molecule has 0 aliphatic rings. The number of carbonyl (C=O) groups excluding carboxylic acids is 1. The van der Waals surface area contributed by atoms with E-state index in [1.165, 1.54) is 17.7 Å². The lowest BCUT2D eigenvalue weighted by atomic mass is 10.0. The second kappa shape index (κ2) is 8.86. The molecule has 0 fully saturated rings. The minimum atomic E-state index is -0.267. The first-order chi connectivity index (χ1) is 16.5. The number of hydrogen-bond donors (Lipinski definition) is 4. The van der Waals surface area contributed by atoms with Crippen LogP contribution in [0.1, 0.15) is 21.5 Å². The first-order valence-electron chi connectivity index (χ1n) is 10.4. The minimum Gasteiger partial charge on any atom is -0.382 e. The van der Waals surface area contributed by atoms with Gasteiger partial charge in [0.2, 0.25) is 0 Å². The summed E-state index contributed by atoms with van der Waals surface area (Å²) in [6.07, 6.45) is 3.06. The van der Waals surface area contributed by atoms with Crippen LogP contribution < -0.4 is 22.1 Å². The highest BCUT2D eigenvalue weighted by molar-refractivity contribution is 7.18. The highest BCUT2D eigenvalue weighted by Crippen LogP contribution is 2.34. The molecule has 10 heteroatoms. The summed E-state index contributed by atoms with van der Waals surface area (Å²) >= 11 is 7.54. The van der Waals surface area contributed by atoms with Gasteiger partial charge in [-0.1, -0.05) is 23.7 Å². The summed E-state index contributed by atoms with van der Waals surface area (Å²) in [5.41, 5.74) is 16.0. The Morgan fingerprint density at radius 3 is 2.79 bits per heavy atom. The Bertz CT molecular complexity index is 1570. The molecule has 3 heterocycles. The first kappa shape index (κ1) is 22.0. The number of nitrogen functional groups attached to an aromatic ring is 1. The number of nitrogens with one attached hydrogen (secondary N) is 2. The van der Waals surface area contributed by atoms with Crippen molar-refractivity contribution in [3.05, 3.63) is 76.0 Å². The number of benzene rings is 2. The standard InChI is InChI=1S/C24H20ClN7OS/c1-12-2-4-16-15(6-7-28-23(16)31-14-3-5-18(25)13(8-14)9-26)19(12)32-24(33)17-10-34-21-20(17)29-11-30-22(21)27/h2-8,10-11H,9,26H2,1H3,(H,28,31)(H,32,33)(H2,27,29,30). The number of nitrogens with zero attached hydrogens (tertiary/aromatic N) is 3. The van der Waals surface area contributed by atoms with Crippen molar-refractivity contribution in [2.45, 2.75) is 13.5 Å². The number of hydrogen-bond acceptors (Lipinski definition) is 8. The molecular formula is C24H20ClN7OS. The Kier molecular flexibility index (Phi) is 5.74. The van der Waals surface area contributed by atoms with Gasteiger partial charge in [0.05, 0.1) is 21.5 Å². The van der Waals surface area contributed by atoms with Gasteiger partial charge in [0.25, 0.3) is 5.91 Å². The molecule has 3 aromatic heterocycles. The number of carbonyl (C=O) groups is 1. The second-order valence-corrected chi connectivity index (χ2v) is 8.97. The molecule has 0 spiro atoms. The van der Waals surface area contributed by atoms with E-state index in [0.29, 0.717) is 44.7 Å². The van der Waals surface area contributed by atoms with E-state index in [9.17, 15) is 4.79 Å². The van der Waals surface area contributed by atoms with Crippen LogP contribution in [-0.4, -0.2) is 20.9 Å². The van der Waals surface area contributed by atoms with Crippen LogP contribution in [0.5, 0.6) is 0 Å². The van der Waals surface area contributed by atoms with Crippen molar-refractivity contribution in [3.63, 3.8) is 0 Å². The van der Waals surface area contributed by atoms with Crippen molar-refractivity contribution < 1.29 is 4.79 Å². The third-order valence-electron chi connectivity index (χ3n) is 5.55. The molecule has 5 aromatic rings. The quantitative estimate of drug-likeness (QED) is 0.265. The van der Waals surface area contributed by atoms with Gasteiger partial charge in [-0.2, -0.15) is 0 Å². The average molecular weight is 490 g/mol. The summed E-state index contributed by atoms with van der Waals surface area (Å²) < 4.78 is 0.692.